The average Bonchev–Trinajstić information content (AvgIpc) is 2.36. The van der Waals surface area contributed by atoms with Gasteiger partial charge in [0.2, 0.25) is 0 Å². The van der Waals surface area contributed by atoms with Gasteiger partial charge in [0, 0.05) is 0 Å². The Bertz CT molecular complexity index is 394. The molecule has 0 heterocycles. The van der Waals surface area contributed by atoms with E-state index in [2.05, 4.69) is 66.7 Å². The molecule has 0 spiro atoms. The number of unbranched alkanes of at least 4 members (excludes halogenated alkanes) is 4. The zero-order chi connectivity index (χ0) is 16.1. The molecule has 0 aliphatic carbocycles. The van der Waals surface area contributed by atoms with Gasteiger partial charge in [-0.25, -0.2) is 0 Å². The summed E-state index contributed by atoms with van der Waals surface area (Å²) in [7, 11) is 0. The molecule has 1 aromatic rings. The van der Waals surface area contributed by atoms with Crippen LogP contribution in [0.4, 0.5) is 0 Å². The zero-order valence-corrected chi connectivity index (χ0v) is 15.5. The van der Waals surface area contributed by atoms with E-state index < -0.39 is 0 Å². The third-order valence-corrected chi connectivity index (χ3v) is 4.29. The van der Waals surface area contributed by atoms with E-state index in [-0.39, 0.29) is 10.8 Å². The van der Waals surface area contributed by atoms with Crippen molar-refractivity contribution < 1.29 is 0 Å². The number of benzene rings is 1. The molecule has 0 nitrogen and oxygen atoms in total. The van der Waals surface area contributed by atoms with Crippen LogP contribution in [0, 0.1) is 0 Å². The Labute approximate surface area is 133 Å². The largest absolute Gasteiger partial charge is 0.0654 e. The summed E-state index contributed by atoms with van der Waals surface area (Å²) in [6.45, 7) is 16.2. The van der Waals surface area contributed by atoms with Crippen LogP contribution < -0.4 is 0 Å². The van der Waals surface area contributed by atoms with Crippen LogP contribution >= 0.6 is 0 Å². The summed E-state index contributed by atoms with van der Waals surface area (Å²) in [6, 6.07) is 7.30. The summed E-state index contributed by atoms with van der Waals surface area (Å²) in [5.41, 5.74) is 4.97. The molecular weight excluding hydrogens is 252 g/mol. The maximum atomic E-state index is 2.44. The lowest BCUT2D eigenvalue weighted by Crippen LogP contribution is -2.17. The maximum Gasteiger partial charge on any atom is -0.0132 e. The van der Waals surface area contributed by atoms with Crippen molar-refractivity contribution in [3.8, 4) is 0 Å². The van der Waals surface area contributed by atoms with Gasteiger partial charge in [0.25, 0.3) is 0 Å². The highest BCUT2D eigenvalue weighted by Crippen LogP contribution is 2.30. The topological polar surface area (TPSA) is 0 Å². The SMILES string of the molecule is CCCCCCCc1cc(C(C)(C)C)cc(C(C)(C)C)c1. The number of aryl methyl sites for hydroxylation is 1. The summed E-state index contributed by atoms with van der Waals surface area (Å²) < 4.78 is 0. The van der Waals surface area contributed by atoms with Gasteiger partial charge in [0.05, 0.1) is 0 Å². The quantitative estimate of drug-likeness (QED) is 0.505. The van der Waals surface area contributed by atoms with Crippen LogP contribution in [0.2, 0.25) is 0 Å². The fourth-order valence-electron chi connectivity index (χ4n) is 2.64. The normalized spacial score (nSPS) is 12.7. The van der Waals surface area contributed by atoms with E-state index >= 15 is 0 Å². The Balaban J connectivity index is 2.88. The molecular formula is C21H36. The van der Waals surface area contributed by atoms with E-state index in [0.29, 0.717) is 0 Å². The fraction of sp³-hybridized carbons (Fsp3) is 0.714. The second-order valence-corrected chi connectivity index (χ2v) is 8.58. The number of hydrogen-bond donors (Lipinski definition) is 0. The molecule has 1 aromatic carbocycles. The summed E-state index contributed by atoms with van der Waals surface area (Å²) in [5.74, 6) is 0. The van der Waals surface area contributed by atoms with Gasteiger partial charge >= 0.3 is 0 Å². The second kappa shape index (κ2) is 7.47. The van der Waals surface area contributed by atoms with Gasteiger partial charge < -0.3 is 0 Å². The lowest BCUT2D eigenvalue weighted by atomic mass is 9.79. The van der Waals surface area contributed by atoms with E-state index in [0.717, 1.165) is 0 Å². The molecule has 0 radical (unpaired) electrons. The highest BCUT2D eigenvalue weighted by molar-refractivity contribution is 5.37. The molecule has 0 fully saturated rings. The minimum absolute atomic E-state index is 0.234. The Morgan fingerprint density at radius 3 is 1.57 bits per heavy atom. The molecule has 0 aliphatic heterocycles. The first-order valence-corrected chi connectivity index (χ1v) is 8.79. The highest BCUT2D eigenvalue weighted by atomic mass is 14.2. The molecule has 1 rings (SSSR count). The van der Waals surface area contributed by atoms with Crippen LogP contribution in [-0.4, -0.2) is 0 Å². The molecule has 0 N–H and O–H groups in total. The molecule has 0 unspecified atom stereocenters. The van der Waals surface area contributed by atoms with E-state index in [4.69, 9.17) is 0 Å². The van der Waals surface area contributed by atoms with Crippen molar-refractivity contribution in [2.24, 2.45) is 0 Å². The third kappa shape index (κ3) is 6.24. The molecule has 21 heavy (non-hydrogen) atoms. The predicted octanol–water partition coefficient (Wildman–Crippen LogP) is 6.79. The molecule has 0 aliphatic rings. The number of rotatable bonds is 6. The van der Waals surface area contributed by atoms with Crippen molar-refractivity contribution in [1.82, 2.24) is 0 Å². The van der Waals surface area contributed by atoms with Gasteiger partial charge in [-0.2, -0.15) is 0 Å². The lowest BCUT2D eigenvalue weighted by Gasteiger charge is -2.26. The number of hydrogen-bond acceptors (Lipinski definition) is 0. The Morgan fingerprint density at radius 1 is 0.667 bits per heavy atom. The molecule has 0 saturated heterocycles. The Kier molecular flexibility index (Phi) is 6.50. The van der Waals surface area contributed by atoms with E-state index in [9.17, 15) is 0 Å². The first-order valence-electron chi connectivity index (χ1n) is 8.79. The zero-order valence-electron chi connectivity index (χ0n) is 15.5. The smallest absolute Gasteiger partial charge is 0.0132 e. The van der Waals surface area contributed by atoms with E-state index in [1.165, 1.54) is 55.2 Å². The fourth-order valence-corrected chi connectivity index (χ4v) is 2.64. The Morgan fingerprint density at radius 2 is 1.14 bits per heavy atom. The molecule has 0 amide bonds. The maximum absolute atomic E-state index is 2.44. The minimum Gasteiger partial charge on any atom is -0.0654 e. The van der Waals surface area contributed by atoms with Gasteiger partial charge in [0.1, 0.15) is 0 Å². The standard InChI is InChI=1S/C21H36/c1-8-9-10-11-12-13-17-14-18(20(2,3)4)16-19(15-17)21(5,6)7/h14-16H,8-13H2,1-7H3. The van der Waals surface area contributed by atoms with Crippen LogP contribution in [-0.2, 0) is 17.3 Å². The predicted molar refractivity (Wildman–Crippen MR) is 96.3 cm³/mol. The molecule has 0 atom stereocenters. The van der Waals surface area contributed by atoms with Crippen LogP contribution in [0.1, 0.15) is 97.3 Å². The molecule has 0 saturated carbocycles. The van der Waals surface area contributed by atoms with E-state index in [1.54, 1.807) is 0 Å². The summed E-state index contributed by atoms with van der Waals surface area (Å²) in [6.07, 6.45) is 8.04. The van der Waals surface area contributed by atoms with Crippen molar-refractivity contribution >= 4 is 0 Å². The first-order chi connectivity index (χ1) is 9.64. The Hall–Kier alpha value is -0.780. The molecule has 0 heteroatoms. The average molecular weight is 289 g/mol. The van der Waals surface area contributed by atoms with Gasteiger partial charge in [-0.15, -0.1) is 0 Å². The van der Waals surface area contributed by atoms with E-state index in [1.807, 2.05) is 0 Å². The van der Waals surface area contributed by atoms with Gasteiger partial charge in [-0.3, -0.25) is 0 Å². The van der Waals surface area contributed by atoms with Crippen LogP contribution in [0.15, 0.2) is 18.2 Å². The van der Waals surface area contributed by atoms with Gasteiger partial charge in [-0.05, 0) is 40.4 Å². The van der Waals surface area contributed by atoms with Crippen LogP contribution in [0.5, 0.6) is 0 Å². The van der Waals surface area contributed by atoms with Crippen molar-refractivity contribution in [1.29, 1.82) is 0 Å². The highest BCUT2D eigenvalue weighted by Gasteiger charge is 2.20. The second-order valence-electron chi connectivity index (χ2n) is 8.58. The minimum atomic E-state index is 0.234. The van der Waals surface area contributed by atoms with Crippen LogP contribution in [0.3, 0.4) is 0 Å². The molecule has 0 bridgehead atoms. The molecule has 120 valence electrons. The monoisotopic (exact) mass is 288 g/mol. The van der Waals surface area contributed by atoms with Gasteiger partial charge in [-0.1, -0.05) is 92.3 Å². The van der Waals surface area contributed by atoms with Crippen molar-refractivity contribution in [2.75, 3.05) is 0 Å². The third-order valence-electron chi connectivity index (χ3n) is 4.29. The van der Waals surface area contributed by atoms with Crippen molar-refractivity contribution in [2.45, 2.75) is 97.8 Å². The summed E-state index contributed by atoms with van der Waals surface area (Å²) in [4.78, 5) is 0. The van der Waals surface area contributed by atoms with Crippen molar-refractivity contribution in [3.63, 3.8) is 0 Å². The summed E-state index contributed by atoms with van der Waals surface area (Å²) >= 11 is 0. The van der Waals surface area contributed by atoms with Gasteiger partial charge in [0.15, 0.2) is 0 Å². The molecule has 0 aromatic heterocycles. The lowest BCUT2D eigenvalue weighted by molar-refractivity contribution is 0.565. The van der Waals surface area contributed by atoms with Crippen LogP contribution in [0.25, 0.3) is 0 Å². The summed E-state index contributed by atoms with van der Waals surface area (Å²) in [5, 5.41) is 0. The first kappa shape index (κ1) is 18.3. The van der Waals surface area contributed by atoms with Crippen molar-refractivity contribution in [3.05, 3.63) is 34.9 Å².